The van der Waals surface area contributed by atoms with Crippen LogP contribution in [0, 0.1) is 0 Å². The van der Waals surface area contributed by atoms with Crippen LogP contribution in [0.15, 0.2) is 30.1 Å². The number of hydrogen-bond acceptors (Lipinski definition) is 3. The van der Waals surface area contributed by atoms with Gasteiger partial charge in [0.05, 0.1) is 18.8 Å². The lowest BCUT2D eigenvalue weighted by molar-refractivity contribution is -0.137. The van der Waals surface area contributed by atoms with E-state index in [4.69, 9.17) is 9.05 Å². The Balaban J connectivity index is 3.14. The highest BCUT2D eigenvalue weighted by atomic mass is 31.2. The standard InChI is InChI=1S/C14H18F3O3P/c1-4-19-21(18,20-5-2)10-11(3)12-7-6-8-13(9-12)14(15,16)17/h6-10H,4-5H2,1-3H3/b11-10+. The quantitative estimate of drug-likeness (QED) is 0.664. The fraction of sp³-hybridized carbons (Fsp3) is 0.429. The normalized spacial score (nSPS) is 13.5. The summed E-state index contributed by atoms with van der Waals surface area (Å²) in [5.41, 5.74) is -0.0220. The van der Waals surface area contributed by atoms with Crippen LogP contribution < -0.4 is 0 Å². The smallest absolute Gasteiger partial charge is 0.306 e. The summed E-state index contributed by atoms with van der Waals surface area (Å²) in [5.74, 6) is 1.26. The van der Waals surface area contributed by atoms with Gasteiger partial charge in [0, 0.05) is 5.82 Å². The van der Waals surface area contributed by atoms with E-state index in [1.165, 1.54) is 17.9 Å². The van der Waals surface area contributed by atoms with Crippen molar-refractivity contribution in [2.24, 2.45) is 0 Å². The van der Waals surface area contributed by atoms with E-state index in [2.05, 4.69) is 0 Å². The topological polar surface area (TPSA) is 35.5 Å². The van der Waals surface area contributed by atoms with E-state index < -0.39 is 19.3 Å². The molecule has 0 N–H and O–H groups in total. The molecule has 0 unspecified atom stereocenters. The Kier molecular flexibility index (Phi) is 6.20. The molecule has 0 saturated carbocycles. The van der Waals surface area contributed by atoms with Gasteiger partial charge in [-0.3, -0.25) is 4.57 Å². The predicted octanol–water partition coefficient (Wildman–Crippen LogP) is 5.33. The van der Waals surface area contributed by atoms with E-state index in [9.17, 15) is 17.7 Å². The molecular formula is C14H18F3O3P. The van der Waals surface area contributed by atoms with Crippen molar-refractivity contribution in [3.8, 4) is 0 Å². The maximum Gasteiger partial charge on any atom is 0.416 e. The Hall–Kier alpha value is -1.10. The number of allylic oxidation sites excluding steroid dienone is 1. The van der Waals surface area contributed by atoms with Crippen LogP contribution in [-0.2, 0) is 19.8 Å². The molecule has 118 valence electrons. The summed E-state index contributed by atoms with van der Waals surface area (Å²) in [6, 6.07) is 4.82. The van der Waals surface area contributed by atoms with Gasteiger partial charge >= 0.3 is 13.8 Å². The molecule has 0 aliphatic rings. The molecule has 1 aromatic rings. The minimum absolute atomic E-state index is 0.184. The molecule has 0 saturated heterocycles. The van der Waals surface area contributed by atoms with Gasteiger partial charge in [-0.05, 0) is 44.0 Å². The molecule has 0 heterocycles. The Morgan fingerprint density at radius 3 is 2.29 bits per heavy atom. The average Bonchev–Trinajstić information content (AvgIpc) is 2.38. The van der Waals surface area contributed by atoms with E-state index in [1.807, 2.05) is 0 Å². The first-order chi connectivity index (χ1) is 9.72. The van der Waals surface area contributed by atoms with Crippen LogP contribution >= 0.6 is 7.60 Å². The van der Waals surface area contributed by atoms with Crippen LogP contribution in [0.5, 0.6) is 0 Å². The number of hydrogen-bond donors (Lipinski definition) is 0. The molecule has 0 radical (unpaired) electrons. The lowest BCUT2D eigenvalue weighted by atomic mass is 10.1. The van der Waals surface area contributed by atoms with Crippen molar-refractivity contribution in [3.63, 3.8) is 0 Å². The van der Waals surface area contributed by atoms with Crippen molar-refractivity contribution >= 4 is 13.2 Å². The fourth-order valence-corrected chi connectivity index (χ4v) is 3.29. The second-order valence-corrected chi connectivity index (χ2v) is 6.12. The third-order valence-corrected chi connectivity index (χ3v) is 4.55. The Labute approximate surface area is 122 Å². The molecule has 3 nitrogen and oxygen atoms in total. The van der Waals surface area contributed by atoms with Crippen molar-refractivity contribution in [2.45, 2.75) is 26.9 Å². The summed E-state index contributed by atoms with van der Waals surface area (Å²) in [6.45, 7) is 5.27. The van der Waals surface area contributed by atoms with Gasteiger partial charge in [-0.15, -0.1) is 0 Å². The van der Waals surface area contributed by atoms with E-state index in [-0.39, 0.29) is 13.2 Å². The number of halogens is 3. The van der Waals surface area contributed by atoms with Crippen LogP contribution in [0.25, 0.3) is 5.57 Å². The van der Waals surface area contributed by atoms with E-state index in [1.54, 1.807) is 20.8 Å². The van der Waals surface area contributed by atoms with Crippen molar-refractivity contribution in [2.75, 3.05) is 13.2 Å². The summed E-state index contributed by atoms with van der Waals surface area (Å²) < 4.78 is 60.6. The minimum atomic E-state index is -4.42. The lowest BCUT2D eigenvalue weighted by Crippen LogP contribution is -2.04. The van der Waals surface area contributed by atoms with Crippen LogP contribution in [0.3, 0.4) is 0 Å². The number of benzene rings is 1. The molecule has 0 fully saturated rings. The predicted molar refractivity (Wildman–Crippen MR) is 76.0 cm³/mol. The summed E-state index contributed by atoms with van der Waals surface area (Å²) in [4.78, 5) is 0. The van der Waals surface area contributed by atoms with E-state index in [0.29, 0.717) is 11.1 Å². The monoisotopic (exact) mass is 322 g/mol. The van der Waals surface area contributed by atoms with Gasteiger partial charge in [-0.2, -0.15) is 13.2 Å². The Morgan fingerprint density at radius 2 is 1.81 bits per heavy atom. The van der Waals surface area contributed by atoms with Gasteiger partial charge in [-0.1, -0.05) is 12.1 Å². The summed E-state index contributed by atoms with van der Waals surface area (Å²) in [7, 11) is -3.44. The van der Waals surface area contributed by atoms with Gasteiger partial charge < -0.3 is 9.05 Å². The molecule has 0 amide bonds. The Bertz CT molecular complexity index is 543. The fourth-order valence-electron chi connectivity index (χ4n) is 1.72. The zero-order valence-corrected chi connectivity index (χ0v) is 13.0. The molecular weight excluding hydrogens is 304 g/mol. The van der Waals surface area contributed by atoms with Gasteiger partial charge in [0.2, 0.25) is 0 Å². The minimum Gasteiger partial charge on any atom is -0.306 e. The zero-order valence-electron chi connectivity index (χ0n) is 12.1. The average molecular weight is 322 g/mol. The van der Waals surface area contributed by atoms with Gasteiger partial charge in [0.15, 0.2) is 0 Å². The van der Waals surface area contributed by atoms with Crippen LogP contribution in [0.1, 0.15) is 31.9 Å². The molecule has 7 heteroatoms. The molecule has 0 aromatic heterocycles. The van der Waals surface area contributed by atoms with Crippen LogP contribution in [0.2, 0.25) is 0 Å². The first-order valence-corrected chi connectivity index (χ1v) is 8.09. The summed E-state index contributed by atoms with van der Waals surface area (Å²) in [5, 5.41) is 0. The molecule has 0 aliphatic heterocycles. The second-order valence-electron chi connectivity index (χ2n) is 4.27. The first kappa shape index (κ1) is 18.0. The zero-order chi connectivity index (χ0) is 16.1. The summed E-state index contributed by atoms with van der Waals surface area (Å²) in [6.07, 6.45) is -4.42. The van der Waals surface area contributed by atoms with Gasteiger partial charge in [-0.25, -0.2) is 0 Å². The molecule has 1 aromatic carbocycles. The largest absolute Gasteiger partial charge is 0.416 e. The Morgan fingerprint density at radius 1 is 1.24 bits per heavy atom. The maximum absolute atomic E-state index is 12.7. The highest BCUT2D eigenvalue weighted by molar-refractivity contribution is 7.57. The van der Waals surface area contributed by atoms with E-state index >= 15 is 0 Å². The molecule has 0 aliphatic carbocycles. The number of rotatable bonds is 6. The third kappa shape index (κ3) is 5.30. The SMILES string of the molecule is CCOP(=O)(/C=C(\C)c1cccc(C(F)(F)F)c1)OCC. The molecule has 1 rings (SSSR count). The van der Waals surface area contributed by atoms with Crippen molar-refractivity contribution < 1.29 is 26.8 Å². The van der Waals surface area contributed by atoms with E-state index in [0.717, 1.165) is 12.1 Å². The van der Waals surface area contributed by atoms with Crippen LogP contribution in [-0.4, -0.2) is 13.2 Å². The molecule has 0 bridgehead atoms. The number of alkyl halides is 3. The lowest BCUT2D eigenvalue weighted by Gasteiger charge is -2.15. The van der Waals surface area contributed by atoms with Crippen molar-refractivity contribution in [1.29, 1.82) is 0 Å². The van der Waals surface area contributed by atoms with Crippen molar-refractivity contribution in [1.82, 2.24) is 0 Å². The highest BCUT2D eigenvalue weighted by Crippen LogP contribution is 2.51. The highest BCUT2D eigenvalue weighted by Gasteiger charge is 2.30. The first-order valence-electron chi connectivity index (χ1n) is 6.47. The molecule has 0 spiro atoms. The van der Waals surface area contributed by atoms with Gasteiger partial charge in [0.1, 0.15) is 0 Å². The molecule has 0 atom stereocenters. The second kappa shape index (κ2) is 7.25. The molecule has 21 heavy (non-hydrogen) atoms. The third-order valence-electron chi connectivity index (χ3n) is 2.62. The summed E-state index contributed by atoms with van der Waals surface area (Å²) >= 11 is 0. The van der Waals surface area contributed by atoms with Crippen LogP contribution in [0.4, 0.5) is 13.2 Å². The van der Waals surface area contributed by atoms with Crippen molar-refractivity contribution in [3.05, 3.63) is 41.2 Å². The maximum atomic E-state index is 12.7. The van der Waals surface area contributed by atoms with Gasteiger partial charge in [0.25, 0.3) is 0 Å².